The molecule has 0 spiro atoms. The van der Waals surface area contributed by atoms with E-state index in [1.165, 1.54) is 120 Å². The molecule has 55 heavy (non-hydrogen) atoms. The van der Waals surface area contributed by atoms with Gasteiger partial charge in [-0.1, -0.05) is 172 Å². The molecule has 0 heterocycles. The van der Waals surface area contributed by atoms with Crippen LogP contribution in [0.2, 0.25) is 0 Å². The largest absolute Gasteiger partial charge is 0.0622 e. The summed E-state index contributed by atoms with van der Waals surface area (Å²) in [6.07, 6.45) is 0. The van der Waals surface area contributed by atoms with Crippen molar-refractivity contribution < 1.29 is 0 Å². The van der Waals surface area contributed by atoms with Gasteiger partial charge in [-0.15, -0.1) is 0 Å². The van der Waals surface area contributed by atoms with Gasteiger partial charge in [0.05, 0.1) is 0 Å². The summed E-state index contributed by atoms with van der Waals surface area (Å²) < 4.78 is 0. The molecule has 11 aromatic rings. The Bertz CT molecular complexity index is 3360. The molecule has 0 aromatic heterocycles. The van der Waals surface area contributed by atoms with Crippen LogP contribution < -0.4 is 0 Å². The minimum Gasteiger partial charge on any atom is -0.0622 e. The van der Waals surface area contributed by atoms with E-state index in [0.717, 1.165) is 0 Å². The van der Waals surface area contributed by atoms with Gasteiger partial charge >= 0.3 is 0 Å². The molecule has 0 unspecified atom stereocenters. The van der Waals surface area contributed by atoms with E-state index in [2.05, 4.69) is 196 Å². The average Bonchev–Trinajstić information content (AvgIpc) is 3.46. The van der Waals surface area contributed by atoms with E-state index in [-0.39, 0.29) is 5.41 Å². The summed E-state index contributed by atoms with van der Waals surface area (Å²) in [5, 5.41) is 15.8. The molecule has 0 saturated heterocycles. The maximum Gasteiger partial charge on any atom is 0.0159 e. The molecule has 0 N–H and O–H groups in total. The van der Waals surface area contributed by atoms with Gasteiger partial charge in [-0.05, 0) is 145 Å². The number of benzene rings is 11. The summed E-state index contributed by atoms with van der Waals surface area (Å²) in [6, 6.07) is 68.4. The van der Waals surface area contributed by atoms with Crippen LogP contribution in [0.1, 0.15) is 25.0 Å². The zero-order valence-electron chi connectivity index (χ0n) is 30.8. The second-order valence-corrected chi connectivity index (χ2v) is 16.0. The molecule has 12 rings (SSSR count). The van der Waals surface area contributed by atoms with Crippen LogP contribution in [-0.2, 0) is 5.41 Å². The molecular weight excluding hydrogens is 661 g/mol. The topological polar surface area (TPSA) is 0 Å². The van der Waals surface area contributed by atoms with E-state index >= 15 is 0 Å². The van der Waals surface area contributed by atoms with Crippen LogP contribution in [0, 0.1) is 0 Å². The summed E-state index contributed by atoms with van der Waals surface area (Å²) in [7, 11) is 0. The van der Waals surface area contributed by atoms with Crippen LogP contribution in [-0.4, -0.2) is 0 Å². The summed E-state index contributed by atoms with van der Waals surface area (Å²) >= 11 is 0. The van der Waals surface area contributed by atoms with E-state index in [9.17, 15) is 0 Å². The van der Waals surface area contributed by atoms with Crippen LogP contribution in [0.5, 0.6) is 0 Å². The highest BCUT2D eigenvalue weighted by atomic mass is 14.4. The van der Waals surface area contributed by atoms with Crippen molar-refractivity contribution in [2.24, 2.45) is 0 Å². The highest BCUT2D eigenvalue weighted by molar-refractivity contribution is 6.27. The molecule has 0 radical (unpaired) electrons. The molecule has 0 saturated carbocycles. The Hall–Kier alpha value is -6.76. The lowest BCUT2D eigenvalue weighted by Crippen LogP contribution is -2.15. The van der Waals surface area contributed by atoms with Gasteiger partial charge in [0.25, 0.3) is 0 Å². The summed E-state index contributed by atoms with van der Waals surface area (Å²) in [6.45, 7) is 4.81. The van der Waals surface area contributed by atoms with Crippen LogP contribution in [0.25, 0.3) is 109 Å². The third-order valence-corrected chi connectivity index (χ3v) is 12.8. The van der Waals surface area contributed by atoms with E-state index < -0.39 is 0 Å². The molecule has 0 fully saturated rings. The van der Waals surface area contributed by atoms with Crippen LogP contribution in [0.15, 0.2) is 182 Å². The van der Waals surface area contributed by atoms with E-state index in [1.54, 1.807) is 0 Å². The molecule has 0 nitrogen and oxygen atoms in total. The predicted octanol–water partition coefficient (Wildman–Crippen LogP) is 15.4. The zero-order chi connectivity index (χ0) is 36.4. The average molecular weight is 697 g/mol. The molecule has 11 aromatic carbocycles. The van der Waals surface area contributed by atoms with Crippen molar-refractivity contribution in [1.82, 2.24) is 0 Å². The quantitative estimate of drug-likeness (QED) is 0.161. The van der Waals surface area contributed by atoms with Crippen molar-refractivity contribution in [2.45, 2.75) is 19.3 Å². The van der Waals surface area contributed by atoms with Gasteiger partial charge in [-0.25, -0.2) is 0 Å². The Kier molecular flexibility index (Phi) is 6.21. The summed E-state index contributed by atoms with van der Waals surface area (Å²) in [5.41, 5.74) is 12.8. The minimum atomic E-state index is -0.147. The van der Waals surface area contributed by atoms with Crippen LogP contribution >= 0.6 is 0 Å². The Morgan fingerprint density at radius 1 is 0.273 bits per heavy atom. The standard InChI is InChI=1S/C55H36/c1-55(2)51-30-38(24-27-45(51)50-31-48-41-17-8-6-15-39(41)40-16-7-9-18-42(40)49(48)32-52(50)55)37-23-26-44(47(29-37)33-11-4-3-5-12-33)43-25-21-36-20-19-34-13-10-14-35-22-28-46(43)54(36)53(34)35/h3-32H,1-2H3. The van der Waals surface area contributed by atoms with Gasteiger partial charge in [0.15, 0.2) is 0 Å². The lowest BCUT2D eigenvalue weighted by Gasteiger charge is -2.23. The molecule has 256 valence electrons. The third-order valence-electron chi connectivity index (χ3n) is 12.8. The Balaban J connectivity index is 1.04. The van der Waals surface area contributed by atoms with Crippen molar-refractivity contribution in [2.75, 3.05) is 0 Å². The van der Waals surface area contributed by atoms with Crippen molar-refractivity contribution in [3.63, 3.8) is 0 Å². The first-order valence-corrected chi connectivity index (χ1v) is 19.4. The fourth-order valence-electron chi connectivity index (χ4n) is 10.1. The second-order valence-electron chi connectivity index (χ2n) is 16.0. The Morgan fingerprint density at radius 3 is 1.51 bits per heavy atom. The van der Waals surface area contributed by atoms with Gasteiger partial charge in [0, 0.05) is 5.41 Å². The molecule has 0 heteroatoms. The summed E-state index contributed by atoms with van der Waals surface area (Å²) in [5.74, 6) is 0. The highest BCUT2D eigenvalue weighted by Crippen LogP contribution is 2.52. The van der Waals surface area contributed by atoms with Gasteiger partial charge in [0.1, 0.15) is 0 Å². The highest BCUT2D eigenvalue weighted by Gasteiger charge is 2.36. The summed E-state index contributed by atoms with van der Waals surface area (Å²) in [4.78, 5) is 0. The Morgan fingerprint density at radius 2 is 0.800 bits per heavy atom. The van der Waals surface area contributed by atoms with Crippen molar-refractivity contribution in [3.8, 4) is 44.5 Å². The van der Waals surface area contributed by atoms with Crippen LogP contribution in [0.4, 0.5) is 0 Å². The van der Waals surface area contributed by atoms with Gasteiger partial charge in [-0.3, -0.25) is 0 Å². The van der Waals surface area contributed by atoms with Crippen molar-refractivity contribution >= 4 is 64.6 Å². The normalized spacial score (nSPS) is 13.4. The lowest BCUT2D eigenvalue weighted by molar-refractivity contribution is 0.661. The van der Waals surface area contributed by atoms with Gasteiger partial charge in [0.2, 0.25) is 0 Å². The maximum atomic E-state index is 2.50. The molecular formula is C55H36. The first kappa shape index (κ1) is 30.7. The van der Waals surface area contributed by atoms with E-state index in [0.29, 0.717) is 0 Å². The first-order chi connectivity index (χ1) is 27.0. The smallest absolute Gasteiger partial charge is 0.0159 e. The van der Waals surface area contributed by atoms with Crippen molar-refractivity contribution in [3.05, 3.63) is 193 Å². The monoisotopic (exact) mass is 696 g/mol. The first-order valence-electron chi connectivity index (χ1n) is 19.4. The number of hydrogen-bond donors (Lipinski definition) is 0. The maximum absolute atomic E-state index is 2.50. The SMILES string of the molecule is CC1(C)c2cc(-c3ccc(-c4ccc5ccc6cccc7ccc4c5c67)c(-c4ccccc4)c3)ccc2-c2cc3c4ccccc4c4ccccc4c3cc21. The van der Waals surface area contributed by atoms with Crippen molar-refractivity contribution in [1.29, 1.82) is 0 Å². The number of hydrogen-bond acceptors (Lipinski definition) is 0. The molecule has 0 atom stereocenters. The van der Waals surface area contributed by atoms with Gasteiger partial charge < -0.3 is 0 Å². The molecule has 1 aliphatic carbocycles. The minimum absolute atomic E-state index is 0.147. The number of rotatable bonds is 3. The number of fused-ring (bicyclic) bond motifs is 9. The third kappa shape index (κ3) is 4.28. The van der Waals surface area contributed by atoms with E-state index in [4.69, 9.17) is 0 Å². The van der Waals surface area contributed by atoms with Crippen LogP contribution in [0.3, 0.4) is 0 Å². The fourth-order valence-corrected chi connectivity index (χ4v) is 10.1. The molecule has 1 aliphatic rings. The molecule has 0 aliphatic heterocycles. The Labute approximate surface area is 320 Å². The fraction of sp³-hybridized carbons (Fsp3) is 0.0545. The predicted molar refractivity (Wildman–Crippen MR) is 237 cm³/mol. The molecule has 0 bridgehead atoms. The zero-order valence-corrected chi connectivity index (χ0v) is 30.8. The molecule has 0 amide bonds. The lowest BCUT2D eigenvalue weighted by atomic mass is 9.80. The van der Waals surface area contributed by atoms with E-state index in [1.807, 2.05) is 0 Å². The van der Waals surface area contributed by atoms with Gasteiger partial charge in [-0.2, -0.15) is 0 Å². The second kappa shape index (κ2) is 11.1.